The summed E-state index contributed by atoms with van der Waals surface area (Å²) >= 11 is 0. The molecule has 1 atom stereocenters. The maximum absolute atomic E-state index is 10.6. The number of nitrogens with zero attached hydrogens (tertiary/aromatic N) is 1. The van der Waals surface area contributed by atoms with Gasteiger partial charge in [0, 0.05) is 13.0 Å². The molecule has 0 radical (unpaired) electrons. The van der Waals surface area contributed by atoms with Gasteiger partial charge in [-0.1, -0.05) is 19.1 Å². The summed E-state index contributed by atoms with van der Waals surface area (Å²) in [6, 6.07) is 7.73. The Bertz CT molecular complexity index is 477. The molecular weight excluding hydrogens is 282 g/mol. The molecule has 1 aromatic rings. The third-order valence-electron chi connectivity index (χ3n) is 3.68. The van der Waals surface area contributed by atoms with Gasteiger partial charge in [-0.15, -0.1) is 0 Å². The van der Waals surface area contributed by atoms with Crippen molar-refractivity contribution in [1.82, 2.24) is 4.90 Å². The van der Waals surface area contributed by atoms with Crippen LogP contribution >= 0.6 is 0 Å². The van der Waals surface area contributed by atoms with Crippen LogP contribution in [-0.2, 0) is 4.79 Å². The summed E-state index contributed by atoms with van der Waals surface area (Å²) < 4.78 is 11.7. The van der Waals surface area contributed by atoms with Gasteiger partial charge in [-0.05, 0) is 44.5 Å². The van der Waals surface area contributed by atoms with Crippen LogP contribution in [-0.4, -0.2) is 48.3 Å². The number of para-hydroxylation sites is 2. The third-order valence-corrected chi connectivity index (χ3v) is 3.68. The number of benzene rings is 1. The van der Waals surface area contributed by atoms with Gasteiger partial charge in [0.2, 0.25) is 0 Å². The van der Waals surface area contributed by atoms with E-state index in [0.29, 0.717) is 6.61 Å². The highest BCUT2D eigenvalue weighted by atomic mass is 16.6. The molecule has 0 bridgehead atoms. The maximum atomic E-state index is 10.6. The smallest absolute Gasteiger partial charge is 0.303 e. The molecule has 0 saturated carbocycles. The van der Waals surface area contributed by atoms with E-state index in [-0.39, 0.29) is 12.5 Å². The number of aliphatic carboxylic acids is 1. The van der Waals surface area contributed by atoms with Crippen LogP contribution in [0, 0.1) is 0 Å². The number of unbranched alkanes of at least 4 members (excludes halogenated alkanes) is 1. The van der Waals surface area contributed by atoms with Crippen LogP contribution in [0.5, 0.6) is 11.5 Å². The Morgan fingerprint density at radius 2 is 2.05 bits per heavy atom. The average molecular weight is 307 g/mol. The van der Waals surface area contributed by atoms with E-state index in [0.717, 1.165) is 50.4 Å². The summed E-state index contributed by atoms with van der Waals surface area (Å²) in [5.41, 5.74) is 0. The van der Waals surface area contributed by atoms with Crippen molar-refractivity contribution >= 4 is 5.97 Å². The second-order valence-corrected chi connectivity index (χ2v) is 5.65. The Hall–Kier alpha value is -1.75. The molecule has 1 aliphatic rings. The number of rotatable bonds is 9. The lowest BCUT2D eigenvalue weighted by Gasteiger charge is -2.31. The summed E-state index contributed by atoms with van der Waals surface area (Å²) in [6.07, 6.45) is 2.97. The van der Waals surface area contributed by atoms with Crippen LogP contribution in [0.1, 0.15) is 32.6 Å². The highest BCUT2D eigenvalue weighted by Crippen LogP contribution is 2.31. The van der Waals surface area contributed by atoms with Crippen LogP contribution in [0.25, 0.3) is 0 Å². The first-order chi connectivity index (χ1) is 10.7. The molecule has 122 valence electrons. The van der Waals surface area contributed by atoms with Crippen molar-refractivity contribution in [2.75, 3.05) is 26.2 Å². The SMILES string of the molecule is CCCN(CCCCC(=O)O)CC1COc2ccccc2O1. The Kier molecular flexibility index (Phi) is 6.52. The van der Waals surface area contributed by atoms with Gasteiger partial charge in [-0.3, -0.25) is 9.69 Å². The van der Waals surface area contributed by atoms with Gasteiger partial charge in [-0.25, -0.2) is 0 Å². The van der Waals surface area contributed by atoms with Crippen LogP contribution in [0.2, 0.25) is 0 Å². The normalized spacial score (nSPS) is 16.7. The van der Waals surface area contributed by atoms with Crippen molar-refractivity contribution in [3.8, 4) is 11.5 Å². The predicted octanol–water partition coefficient (Wildman–Crippen LogP) is 2.79. The van der Waals surface area contributed by atoms with Crippen LogP contribution < -0.4 is 9.47 Å². The van der Waals surface area contributed by atoms with Gasteiger partial charge in [0.1, 0.15) is 12.7 Å². The quantitative estimate of drug-likeness (QED) is 0.711. The molecule has 2 rings (SSSR count). The summed E-state index contributed by atoms with van der Waals surface area (Å²) in [5, 5.41) is 8.69. The Balaban J connectivity index is 1.79. The van der Waals surface area contributed by atoms with Gasteiger partial charge in [-0.2, -0.15) is 0 Å². The number of hydrogen-bond donors (Lipinski definition) is 1. The average Bonchev–Trinajstić information content (AvgIpc) is 2.51. The third kappa shape index (κ3) is 5.22. The first-order valence-corrected chi connectivity index (χ1v) is 8.01. The first-order valence-electron chi connectivity index (χ1n) is 8.01. The number of fused-ring (bicyclic) bond motifs is 1. The molecule has 0 saturated heterocycles. The van der Waals surface area contributed by atoms with Crippen molar-refractivity contribution in [1.29, 1.82) is 0 Å². The highest BCUT2D eigenvalue weighted by molar-refractivity contribution is 5.66. The van der Waals surface area contributed by atoms with E-state index in [2.05, 4.69) is 11.8 Å². The fourth-order valence-corrected chi connectivity index (χ4v) is 2.66. The minimum absolute atomic E-state index is 0.0286. The largest absolute Gasteiger partial charge is 0.486 e. The fourth-order valence-electron chi connectivity index (χ4n) is 2.66. The molecule has 0 amide bonds. The van der Waals surface area contributed by atoms with E-state index in [1.807, 2.05) is 24.3 Å². The van der Waals surface area contributed by atoms with Crippen LogP contribution in [0.15, 0.2) is 24.3 Å². The molecule has 1 unspecified atom stereocenters. The molecule has 1 aromatic carbocycles. The summed E-state index contributed by atoms with van der Waals surface area (Å²) in [7, 11) is 0. The Morgan fingerprint density at radius 3 is 2.77 bits per heavy atom. The number of carboxylic acid groups (broad SMARTS) is 1. The zero-order chi connectivity index (χ0) is 15.8. The van der Waals surface area contributed by atoms with Crippen LogP contribution in [0.3, 0.4) is 0 Å². The zero-order valence-corrected chi connectivity index (χ0v) is 13.2. The standard InChI is InChI=1S/C17H25NO4/c1-2-10-18(11-6-5-9-17(19)20)12-14-13-21-15-7-3-4-8-16(15)22-14/h3-4,7-8,14H,2,5-6,9-13H2,1H3,(H,19,20). The van der Waals surface area contributed by atoms with E-state index in [9.17, 15) is 4.79 Å². The predicted molar refractivity (Wildman–Crippen MR) is 84.6 cm³/mol. The lowest BCUT2D eigenvalue weighted by atomic mass is 10.2. The van der Waals surface area contributed by atoms with Crippen molar-refractivity contribution in [3.05, 3.63) is 24.3 Å². The molecule has 22 heavy (non-hydrogen) atoms. The number of ether oxygens (including phenoxy) is 2. The van der Waals surface area contributed by atoms with Crippen molar-refractivity contribution in [3.63, 3.8) is 0 Å². The van der Waals surface area contributed by atoms with E-state index >= 15 is 0 Å². The summed E-state index contributed by atoms with van der Waals surface area (Å²) in [4.78, 5) is 12.9. The fraction of sp³-hybridized carbons (Fsp3) is 0.588. The molecule has 5 heteroatoms. The van der Waals surface area contributed by atoms with Crippen LogP contribution in [0.4, 0.5) is 0 Å². The number of carbonyl (C=O) groups is 1. The minimum Gasteiger partial charge on any atom is -0.486 e. The molecule has 1 heterocycles. The van der Waals surface area contributed by atoms with E-state index in [1.54, 1.807) is 0 Å². The van der Waals surface area contributed by atoms with E-state index in [1.165, 1.54) is 0 Å². The lowest BCUT2D eigenvalue weighted by molar-refractivity contribution is -0.137. The van der Waals surface area contributed by atoms with Gasteiger partial charge < -0.3 is 14.6 Å². The molecule has 0 aromatic heterocycles. The van der Waals surface area contributed by atoms with Gasteiger partial charge in [0.25, 0.3) is 0 Å². The molecule has 1 N–H and O–H groups in total. The monoisotopic (exact) mass is 307 g/mol. The maximum Gasteiger partial charge on any atom is 0.303 e. The molecule has 5 nitrogen and oxygen atoms in total. The topological polar surface area (TPSA) is 59.0 Å². The first kappa shape index (κ1) is 16.6. The Labute approximate surface area is 131 Å². The number of carboxylic acids is 1. The molecule has 0 aliphatic carbocycles. The molecule has 1 aliphatic heterocycles. The second-order valence-electron chi connectivity index (χ2n) is 5.65. The molecule has 0 fully saturated rings. The minimum atomic E-state index is -0.720. The zero-order valence-electron chi connectivity index (χ0n) is 13.2. The molecule has 0 spiro atoms. The highest BCUT2D eigenvalue weighted by Gasteiger charge is 2.22. The second kappa shape index (κ2) is 8.63. The Morgan fingerprint density at radius 1 is 1.27 bits per heavy atom. The lowest BCUT2D eigenvalue weighted by Crippen LogP contribution is -2.41. The van der Waals surface area contributed by atoms with Gasteiger partial charge in [0.15, 0.2) is 11.5 Å². The van der Waals surface area contributed by atoms with Crippen molar-refractivity contribution in [2.45, 2.75) is 38.7 Å². The summed E-state index contributed by atoms with van der Waals surface area (Å²) in [5.74, 6) is 0.894. The summed E-state index contributed by atoms with van der Waals surface area (Å²) in [6.45, 7) is 5.43. The number of hydrogen-bond acceptors (Lipinski definition) is 4. The van der Waals surface area contributed by atoms with Gasteiger partial charge in [0.05, 0.1) is 0 Å². The van der Waals surface area contributed by atoms with E-state index in [4.69, 9.17) is 14.6 Å². The van der Waals surface area contributed by atoms with E-state index < -0.39 is 5.97 Å². The van der Waals surface area contributed by atoms with Crippen molar-refractivity contribution < 1.29 is 19.4 Å². The van der Waals surface area contributed by atoms with Gasteiger partial charge >= 0.3 is 5.97 Å². The van der Waals surface area contributed by atoms with Crippen molar-refractivity contribution in [2.24, 2.45) is 0 Å². The molecular formula is C17H25NO4.